The molecular formula is C19H26N4O2. The Kier molecular flexibility index (Phi) is 4.27. The van der Waals surface area contributed by atoms with E-state index >= 15 is 0 Å². The molecule has 6 heteroatoms. The van der Waals surface area contributed by atoms with Gasteiger partial charge in [-0.15, -0.1) is 0 Å². The Labute approximate surface area is 148 Å². The van der Waals surface area contributed by atoms with Gasteiger partial charge in [0.05, 0.1) is 6.04 Å². The maximum atomic E-state index is 12.2. The molecule has 2 fully saturated rings. The number of nitrogens with zero attached hydrogens (tertiary/aromatic N) is 2. The number of carbonyl (C=O) groups is 2. The van der Waals surface area contributed by atoms with Gasteiger partial charge in [0.1, 0.15) is 0 Å². The van der Waals surface area contributed by atoms with Crippen LogP contribution in [0.5, 0.6) is 0 Å². The average Bonchev–Trinajstić information content (AvgIpc) is 3.37. The predicted octanol–water partition coefficient (Wildman–Crippen LogP) is 1.63. The second kappa shape index (κ2) is 6.58. The number of hydrogen-bond donors (Lipinski definition) is 2. The van der Waals surface area contributed by atoms with Gasteiger partial charge < -0.3 is 20.4 Å². The lowest BCUT2D eigenvalue weighted by Gasteiger charge is -2.27. The van der Waals surface area contributed by atoms with E-state index in [1.54, 1.807) is 0 Å². The molecule has 0 unspecified atom stereocenters. The molecule has 0 spiro atoms. The number of carbonyl (C=O) groups excluding carboxylic acids is 2. The molecule has 0 bridgehead atoms. The lowest BCUT2D eigenvalue weighted by molar-refractivity contribution is -0.128. The van der Waals surface area contributed by atoms with Crippen LogP contribution in [-0.2, 0) is 17.8 Å². The van der Waals surface area contributed by atoms with Crippen molar-refractivity contribution in [3.63, 3.8) is 0 Å². The molecular weight excluding hydrogens is 316 g/mol. The summed E-state index contributed by atoms with van der Waals surface area (Å²) in [5, 5.41) is 5.87. The topological polar surface area (TPSA) is 64.7 Å². The molecule has 2 heterocycles. The van der Waals surface area contributed by atoms with Crippen LogP contribution < -0.4 is 15.5 Å². The fourth-order valence-corrected chi connectivity index (χ4v) is 3.93. The van der Waals surface area contributed by atoms with Gasteiger partial charge in [-0.1, -0.05) is 12.1 Å². The minimum Gasteiger partial charge on any atom is -0.374 e. The van der Waals surface area contributed by atoms with Crippen molar-refractivity contribution in [2.24, 2.45) is 0 Å². The van der Waals surface area contributed by atoms with Crippen LogP contribution >= 0.6 is 0 Å². The number of amides is 3. The van der Waals surface area contributed by atoms with Crippen molar-refractivity contribution >= 4 is 17.6 Å². The van der Waals surface area contributed by atoms with Crippen LogP contribution in [0.1, 0.15) is 36.8 Å². The summed E-state index contributed by atoms with van der Waals surface area (Å²) in [6.07, 6.45) is 4.92. The van der Waals surface area contributed by atoms with Crippen molar-refractivity contribution in [1.29, 1.82) is 0 Å². The van der Waals surface area contributed by atoms with E-state index in [1.807, 2.05) is 4.90 Å². The smallest absolute Gasteiger partial charge is 0.315 e. The van der Waals surface area contributed by atoms with E-state index in [4.69, 9.17) is 0 Å². The fourth-order valence-electron chi connectivity index (χ4n) is 3.93. The molecule has 3 aliphatic rings. The van der Waals surface area contributed by atoms with Gasteiger partial charge in [-0.2, -0.15) is 0 Å². The Morgan fingerprint density at radius 2 is 2.16 bits per heavy atom. The zero-order valence-electron chi connectivity index (χ0n) is 14.8. The third-order valence-corrected chi connectivity index (χ3v) is 5.43. The molecule has 0 aromatic heterocycles. The minimum atomic E-state index is -0.190. The molecule has 1 saturated carbocycles. The van der Waals surface area contributed by atoms with Gasteiger partial charge in [-0.25, -0.2) is 4.79 Å². The molecule has 4 rings (SSSR count). The van der Waals surface area contributed by atoms with Crippen molar-refractivity contribution < 1.29 is 9.59 Å². The summed E-state index contributed by atoms with van der Waals surface area (Å²) >= 11 is 0. The number of aryl methyl sites for hydroxylation is 1. The van der Waals surface area contributed by atoms with E-state index in [9.17, 15) is 9.59 Å². The van der Waals surface area contributed by atoms with E-state index in [2.05, 4.69) is 40.8 Å². The van der Waals surface area contributed by atoms with Gasteiger partial charge in [0.15, 0.2) is 0 Å². The van der Waals surface area contributed by atoms with Crippen LogP contribution in [0.4, 0.5) is 10.5 Å². The molecule has 3 amide bonds. The van der Waals surface area contributed by atoms with E-state index in [1.165, 1.54) is 17.7 Å². The Hall–Kier alpha value is -2.24. The molecule has 134 valence electrons. The van der Waals surface area contributed by atoms with E-state index in [0.717, 1.165) is 31.4 Å². The Balaban J connectivity index is 1.28. The molecule has 1 aliphatic carbocycles. The SMILES string of the molecule is CN1CCCc2cc(CNC(=O)N[C@H]3CC(=O)N(C4CC4)C3)ccc21. The molecule has 1 aromatic carbocycles. The van der Waals surface area contributed by atoms with Crippen molar-refractivity contribution in [1.82, 2.24) is 15.5 Å². The van der Waals surface area contributed by atoms with Gasteiger partial charge in [0.25, 0.3) is 0 Å². The maximum absolute atomic E-state index is 12.2. The third kappa shape index (κ3) is 3.57. The number of rotatable bonds is 4. The largest absolute Gasteiger partial charge is 0.374 e. The lowest BCUT2D eigenvalue weighted by Crippen LogP contribution is -2.43. The highest BCUT2D eigenvalue weighted by Gasteiger charge is 2.39. The molecule has 1 aromatic rings. The summed E-state index contributed by atoms with van der Waals surface area (Å²) in [4.78, 5) is 28.3. The average molecular weight is 342 g/mol. The summed E-state index contributed by atoms with van der Waals surface area (Å²) < 4.78 is 0. The maximum Gasteiger partial charge on any atom is 0.315 e. The van der Waals surface area contributed by atoms with Crippen molar-refractivity contribution in [3.8, 4) is 0 Å². The predicted molar refractivity (Wildman–Crippen MR) is 96.5 cm³/mol. The number of benzene rings is 1. The first-order valence-corrected chi connectivity index (χ1v) is 9.27. The Morgan fingerprint density at radius 1 is 1.32 bits per heavy atom. The summed E-state index contributed by atoms with van der Waals surface area (Å²) in [6.45, 7) is 2.27. The quantitative estimate of drug-likeness (QED) is 0.874. The Bertz CT molecular complexity index is 686. The number of likely N-dealkylation sites (tertiary alicyclic amines) is 1. The molecule has 2 aliphatic heterocycles. The van der Waals surface area contributed by atoms with Gasteiger partial charge in [0.2, 0.25) is 5.91 Å². The van der Waals surface area contributed by atoms with Crippen LogP contribution in [0.25, 0.3) is 0 Å². The normalized spacial score (nSPS) is 22.8. The van der Waals surface area contributed by atoms with E-state index in [0.29, 0.717) is 25.6 Å². The molecule has 1 saturated heterocycles. The zero-order valence-corrected chi connectivity index (χ0v) is 14.8. The van der Waals surface area contributed by atoms with Crippen molar-refractivity contribution in [3.05, 3.63) is 29.3 Å². The van der Waals surface area contributed by atoms with Gasteiger partial charge >= 0.3 is 6.03 Å². The number of urea groups is 1. The van der Waals surface area contributed by atoms with Crippen LogP contribution in [0.2, 0.25) is 0 Å². The first kappa shape index (κ1) is 16.2. The highest BCUT2D eigenvalue weighted by atomic mass is 16.2. The summed E-state index contributed by atoms with van der Waals surface area (Å²) in [7, 11) is 2.12. The first-order chi connectivity index (χ1) is 12.1. The second-order valence-electron chi connectivity index (χ2n) is 7.49. The standard InChI is InChI=1S/C19H26N4O2/c1-22-8-2-3-14-9-13(4-7-17(14)22)11-20-19(25)21-15-10-18(24)23(12-15)16-5-6-16/h4,7,9,15-16H,2-3,5-6,8,10-12H2,1H3,(H2,20,21,25)/t15-/m0/s1. The zero-order chi connectivity index (χ0) is 17.4. The number of anilines is 1. The van der Waals surface area contributed by atoms with E-state index in [-0.39, 0.29) is 18.0 Å². The third-order valence-electron chi connectivity index (χ3n) is 5.43. The van der Waals surface area contributed by atoms with Crippen LogP contribution in [0, 0.1) is 0 Å². The lowest BCUT2D eigenvalue weighted by atomic mass is 9.99. The van der Waals surface area contributed by atoms with Crippen LogP contribution in [0.15, 0.2) is 18.2 Å². The first-order valence-electron chi connectivity index (χ1n) is 9.27. The van der Waals surface area contributed by atoms with Crippen LogP contribution in [0.3, 0.4) is 0 Å². The molecule has 25 heavy (non-hydrogen) atoms. The highest BCUT2D eigenvalue weighted by molar-refractivity contribution is 5.82. The van der Waals surface area contributed by atoms with Crippen molar-refractivity contribution in [2.75, 3.05) is 25.0 Å². The summed E-state index contributed by atoms with van der Waals surface area (Å²) in [6, 6.07) is 6.59. The molecule has 0 radical (unpaired) electrons. The highest BCUT2D eigenvalue weighted by Crippen LogP contribution is 2.30. The van der Waals surface area contributed by atoms with Crippen molar-refractivity contribution in [2.45, 2.75) is 50.7 Å². The summed E-state index contributed by atoms with van der Waals surface area (Å²) in [5.41, 5.74) is 3.77. The number of fused-ring (bicyclic) bond motifs is 1. The monoisotopic (exact) mass is 342 g/mol. The van der Waals surface area contributed by atoms with Gasteiger partial charge in [0, 0.05) is 44.8 Å². The molecule has 6 nitrogen and oxygen atoms in total. The molecule has 1 atom stereocenters. The van der Waals surface area contributed by atoms with Crippen LogP contribution in [-0.4, -0.2) is 49.1 Å². The fraction of sp³-hybridized carbons (Fsp3) is 0.579. The van der Waals surface area contributed by atoms with Gasteiger partial charge in [-0.3, -0.25) is 4.79 Å². The van der Waals surface area contributed by atoms with Gasteiger partial charge in [-0.05, 0) is 42.9 Å². The molecule has 2 N–H and O–H groups in total. The number of nitrogens with one attached hydrogen (secondary N) is 2. The minimum absolute atomic E-state index is 0.0646. The number of hydrogen-bond acceptors (Lipinski definition) is 3. The Morgan fingerprint density at radius 3 is 2.96 bits per heavy atom. The second-order valence-corrected chi connectivity index (χ2v) is 7.49. The summed E-state index contributed by atoms with van der Waals surface area (Å²) in [5.74, 6) is 0.173. The van der Waals surface area contributed by atoms with E-state index < -0.39 is 0 Å².